The van der Waals surface area contributed by atoms with Gasteiger partial charge in [-0.1, -0.05) is 19.9 Å². The minimum absolute atomic E-state index is 0.000775. The van der Waals surface area contributed by atoms with Gasteiger partial charge in [-0.2, -0.15) is 26.3 Å². The lowest BCUT2D eigenvalue weighted by atomic mass is 9.92. The van der Waals surface area contributed by atoms with Gasteiger partial charge in [0, 0.05) is 11.6 Å². The number of nitrogens with zero attached hydrogens (tertiary/aromatic N) is 1. The van der Waals surface area contributed by atoms with Crippen LogP contribution in [-0.2, 0) is 23.6 Å². The van der Waals surface area contributed by atoms with Crippen molar-refractivity contribution in [1.29, 1.82) is 0 Å². The van der Waals surface area contributed by atoms with E-state index >= 15 is 0 Å². The molecule has 15 heteroatoms. The maximum atomic E-state index is 14.7. The molecule has 0 aromatic heterocycles. The van der Waals surface area contributed by atoms with Crippen LogP contribution in [0, 0.1) is 5.82 Å². The van der Waals surface area contributed by atoms with Crippen molar-refractivity contribution in [3.8, 4) is 22.6 Å². The zero-order valence-electron chi connectivity index (χ0n) is 23.9. The normalized spacial score (nSPS) is 17.6. The lowest BCUT2D eigenvalue weighted by molar-refractivity contribution is -0.274. The van der Waals surface area contributed by atoms with Crippen LogP contribution in [-0.4, -0.2) is 30.5 Å². The van der Waals surface area contributed by atoms with Gasteiger partial charge < -0.3 is 14.2 Å². The second kappa shape index (κ2) is 12.0. The van der Waals surface area contributed by atoms with E-state index in [1.807, 2.05) is 0 Å². The van der Waals surface area contributed by atoms with Crippen LogP contribution in [0.5, 0.6) is 11.5 Å². The van der Waals surface area contributed by atoms with Gasteiger partial charge >= 0.3 is 24.8 Å². The summed E-state index contributed by atoms with van der Waals surface area (Å²) >= 11 is 0. The van der Waals surface area contributed by atoms with Crippen molar-refractivity contribution in [2.45, 2.75) is 64.1 Å². The standard InChI is InChI=1S/C30H25F10NO4/c1-14(2)22-11-23(25(43-4)12-24(22)31)21-6-5-20(45-30(38,39)40)9-17(21)13-41-15(3)26(44-27(41)42)16-7-18(28(32,33)34)10-19(8-16)29(35,36)37/h5-12,14-15,26H,13H2,1-4H3/t15-,26-/m0/s1. The highest BCUT2D eigenvalue weighted by Crippen LogP contribution is 2.43. The van der Waals surface area contributed by atoms with E-state index in [1.165, 1.54) is 26.2 Å². The molecule has 244 valence electrons. The number of carbonyl (C=O) groups is 1. The molecule has 3 aromatic rings. The lowest BCUT2D eigenvalue weighted by Crippen LogP contribution is -2.31. The van der Waals surface area contributed by atoms with Crippen LogP contribution in [0.3, 0.4) is 0 Å². The van der Waals surface area contributed by atoms with Gasteiger partial charge in [0.25, 0.3) is 0 Å². The van der Waals surface area contributed by atoms with Crippen LogP contribution in [0.1, 0.15) is 60.6 Å². The summed E-state index contributed by atoms with van der Waals surface area (Å²) in [7, 11) is 1.24. The third-order valence-corrected chi connectivity index (χ3v) is 7.21. The third-order valence-electron chi connectivity index (χ3n) is 7.21. The maximum absolute atomic E-state index is 14.7. The molecule has 5 nitrogen and oxygen atoms in total. The van der Waals surface area contributed by atoms with E-state index < -0.39 is 71.8 Å². The van der Waals surface area contributed by atoms with E-state index in [4.69, 9.17) is 9.47 Å². The van der Waals surface area contributed by atoms with Crippen LogP contribution >= 0.6 is 0 Å². The number of amides is 1. The predicted molar refractivity (Wildman–Crippen MR) is 140 cm³/mol. The molecule has 0 unspecified atom stereocenters. The fourth-order valence-electron chi connectivity index (χ4n) is 5.04. The molecule has 0 bridgehead atoms. The minimum atomic E-state index is -5.15. The number of carbonyl (C=O) groups excluding carboxylic acids is 1. The van der Waals surface area contributed by atoms with Crippen molar-refractivity contribution in [3.63, 3.8) is 0 Å². The van der Waals surface area contributed by atoms with Gasteiger partial charge in [0.05, 0.1) is 30.8 Å². The minimum Gasteiger partial charge on any atom is -0.496 e. The van der Waals surface area contributed by atoms with Crippen LogP contribution in [0.2, 0.25) is 0 Å². The smallest absolute Gasteiger partial charge is 0.496 e. The zero-order chi connectivity index (χ0) is 33.6. The summed E-state index contributed by atoms with van der Waals surface area (Å²) in [5, 5.41) is 0. The van der Waals surface area contributed by atoms with E-state index in [0.717, 1.165) is 23.1 Å². The van der Waals surface area contributed by atoms with Crippen molar-refractivity contribution in [2.24, 2.45) is 0 Å². The number of hydrogen-bond acceptors (Lipinski definition) is 4. The van der Waals surface area contributed by atoms with Crippen molar-refractivity contribution in [2.75, 3.05) is 7.11 Å². The number of cyclic esters (lactones) is 1. The number of rotatable bonds is 7. The Hall–Kier alpha value is -4.17. The average Bonchev–Trinajstić information content (AvgIpc) is 3.19. The zero-order valence-corrected chi connectivity index (χ0v) is 23.9. The molecule has 1 aliphatic heterocycles. The predicted octanol–water partition coefficient (Wildman–Crippen LogP) is 9.64. The molecule has 0 aliphatic carbocycles. The van der Waals surface area contributed by atoms with E-state index in [2.05, 4.69) is 4.74 Å². The summed E-state index contributed by atoms with van der Waals surface area (Å²) in [5.41, 5.74) is -3.15. The number of ether oxygens (including phenoxy) is 3. The summed E-state index contributed by atoms with van der Waals surface area (Å²) in [4.78, 5) is 13.9. The van der Waals surface area contributed by atoms with Crippen molar-refractivity contribution >= 4 is 6.09 Å². The topological polar surface area (TPSA) is 48.0 Å². The molecule has 1 heterocycles. The summed E-state index contributed by atoms with van der Waals surface area (Å²) < 4.78 is 149. The molecule has 1 aliphatic rings. The monoisotopic (exact) mass is 653 g/mol. The summed E-state index contributed by atoms with van der Waals surface area (Å²) in [6, 6.07) is 5.30. The lowest BCUT2D eigenvalue weighted by Gasteiger charge is -2.24. The van der Waals surface area contributed by atoms with Crippen molar-refractivity contribution in [3.05, 3.63) is 82.2 Å². The van der Waals surface area contributed by atoms with E-state index in [1.54, 1.807) is 13.8 Å². The Balaban J connectivity index is 1.81. The number of alkyl halides is 9. The molecule has 1 saturated heterocycles. The first-order valence-electron chi connectivity index (χ1n) is 13.2. The van der Waals surface area contributed by atoms with E-state index in [0.29, 0.717) is 12.1 Å². The maximum Gasteiger partial charge on any atom is 0.573 e. The van der Waals surface area contributed by atoms with E-state index in [9.17, 15) is 48.7 Å². The SMILES string of the molecule is COc1cc(F)c(C(C)C)cc1-c1ccc(OC(F)(F)F)cc1CN1C(=O)O[C@H](c2cc(C(F)(F)F)cc(C(F)(F)F)c2)[C@@H]1C. The fraction of sp³-hybridized carbons (Fsp3) is 0.367. The Morgan fingerprint density at radius 3 is 1.98 bits per heavy atom. The molecule has 4 rings (SSSR count). The second-order valence-corrected chi connectivity index (χ2v) is 10.6. The molecule has 1 fully saturated rings. The molecule has 0 radical (unpaired) electrons. The molecule has 0 N–H and O–H groups in total. The first kappa shape index (κ1) is 33.7. The van der Waals surface area contributed by atoms with Gasteiger partial charge in [-0.25, -0.2) is 9.18 Å². The number of benzene rings is 3. The van der Waals surface area contributed by atoms with Crippen molar-refractivity contribution < 1.29 is 62.9 Å². The van der Waals surface area contributed by atoms with Crippen LogP contribution in [0.4, 0.5) is 48.7 Å². The Kier molecular flexibility index (Phi) is 8.97. The average molecular weight is 654 g/mol. The quantitative estimate of drug-likeness (QED) is 0.238. The number of hydrogen-bond donors (Lipinski definition) is 0. The van der Waals surface area contributed by atoms with Gasteiger partial charge in [-0.15, -0.1) is 13.2 Å². The number of halogens is 10. The summed E-state index contributed by atoms with van der Waals surface area (Å²) in [5.74, 6) is -1.62. The highest BCUT2D eigenvalue weighted by Gasteiger charge is 2.43. The van der Waals surface area contributed by atoms with E-state index in [-0.39, 0.29) is 40.0 Å². The summed E-state index contributed by atoms with van der Waals surface area (Å²) in [6.45, 7) is 4.18. The molecular formula is C30H25F10NO4. The largest absolute Gasteiger partial charge is 0.573 e. The molecule has 1 amide bonds. The van der Waals surface area contributed by atoms with Gasteiger partial charge in [0.15, 0.2) is 0 Å². The van der Waals surface area contributed by atoms with Crippen LogP contribution in [0.25, 0.3) is 11.1 Å². The first-order chi connectivity index (χ1) is 20.7. The molecule has 2 atom stereocenters. The van der Waals surface area contributed by atoms with Gasteiger partial charge in [0.2, 0.25) is 0 Å². The van der Waals surface area contributed by atoms with Gasteiger partial charge in [0.1, 0.15) is 23.4 Å². The highest BCUT2D eigenvalue weighted by atomic mass is 19.4. The van der Waals surface area contributed by atoms with Gasteiger partial charge in [-0.3, -0.25) is 4.90 Å². The third kappa shape index (κ3) is 7.39. The Morgan fingerprint density at radius 1 is 0.867 bits per heavy atom. The fourth-order valence-corrected chi connectivity index (χ4v) is 5.04. The molecule has 0 spiro atoms. The molecule has 0 saturated carbocycles. The number of methoxy groups -OCH3 is 1. The van der Waals surface area contributed by atoms with Gasteiger partial charge in [-0.05, 0) is 71.5 Å². The Bertz CT molecular complexity index is 1550. The first-order valence-corrected chi connectivity index (χ1v) is 13.2. The van der Waals surface area contributed by atoms with Crippen molar-refractivity contribution in [1.82, 2.24) is 4.90 Å². The second-order valence-electron chi connectivity index (χ2n) is 10.6. The molecule has 3 aromatic carbocycles. The van der Waals surface area contributed by atoms with Crippen LogP contribution < -0.4 is 9.47 Å². The van der Waals surface area contributed by atoms with Crippen LogP contribution in [0.15, 0.2) is 48.5 Å². The molecule has 45 heavy (non-hydrogen) atoms. The molecular weight excluding hydrogens is 628 g/mol. The Labute approximate surface area is 250 Å². The summed E-state index contributed by atoms with van der Waals surface area (Å²) in [6.07, 6.45) is -18.2. The Morgan fingerprint density at radius 2 is 1.47 bits per heavy atom. The highest BCUT2D eigenvalue weighted by molar-refractivity contribution is 5.77.